The Morgan fingerprint density at radius 3 is 2.76 bits per heavy atom. The van der Waals surface area contributed by atoms with Crippen molar-refractivity contribution >= 4 is 0 Å². The monoisotopic (exact) mass is 277 g/mol. The largest absolute Gasteiger partial charge is 0.310 e. The Morgan fingerprint density at radius 1 is 1.05 bits per heavy atom. The highest BCUT2D eigenvalue weighted by Crippen LogP contribution is 2.44. The van der Waals surface area contributed by atoms with Crippen molar-refractivity contribution in [1.82, 2.24) is 5.32 Å². The van der Waals surface area contributed by atoms with Crippen LogP contribution in [0.4, 0.5) is 0 Å². The molecule has 2 unspecified atom stereocenters. The fourth-order valence-electron chi connectivity index (χ4n) is 4.09. The lowest BCUT2D eigenvalue weighted by Crippen LogP contribution is -2.33. The number of hydrogen-bond donors (Lipinski definition) is 1. The Kier molecular flexibility index (Phi) is 3.31. The second kappa shape index (κ2) is 5.31. The number of hydrogen-bond acceptors (Lipinski definition) is 1. The van der Waals surface area contributed by atoms with Crippen LogP contribution in [0.1, 0.15) is 53.1 Å². The van der Waals surface area contributed by atoms with E-state index in [1.54, 1.807) is 16.7 Å². The highest BCUT2D eigenvalue weighted by molar-refractivity contribution is 5.45. The number of fused-ring (bicyclic) bond motifs is 2. The predicted molar refractivity (Wildman–Crippen MR) is 87.8 cm³/mol. The van der Waals surface area contributed by atoms with Gasteiger partial charge in [-0.3, -0.25) is 0 Å². The number of benzene rings is 2. The van der Waals surface area contributed by atoms with Crippen molar-refractivity contribution in [2.75, 3.05) is 6.54 Å². The molecule has 0 aromatic heterocycles. The van der Waals surface area contributed by atoms with E-state index in [0.717, 1.165) is 6.54 Å². The van der Waals surface area contributed by atoms with Gasteiger partial charge in [-0.25, -0.2) is 0 Å². The molecule has 1 nitrogen and oxygen atoms in total. The predicted octanol–water partition coefficient (Wildman–Crippen LogP) is 4.17. The summed E-state index contributed by atoms with van der Waals surface area (Å²) < 4.78 is 0. The summed E-state index contributed by atoms with van der Waals surface area (Å²) in [6.07, 6.45) is 5.08. The van der Waals surface area contributed by atoms with Gasteiger partial charge in [-0.1, -0.05) is 49.4 Å². The zero-order chi connectivity index (χ0) is 14.2. The third-order valence-corrected chi connectivity index (χ3v) is 5.20. The zero-order valence-corrected chi connectivity index (χ0v) is 12.7. The van der Waals surface area contributed by atoms with Crippen LogP contribution in [0.15, 0.2) is 42.5 Å². The van der Waals surface area contributed by atoms with Crippen molar-refractivity contribution in [2.45, 2.75) is 44.6 Å². The molecule has 0 fully saturated rings. The van der Waals surface area contributed by atoms with Gasteiger partial charge in [0.25, 0.3) is 0 Å². The van der Waals surface area contributed by atoms with Crippen LogP contribution >= 0.6 is 0 Å². The van der Waals surface area contributed by atoms with Gasteiger partial charge in [-0.05, 0) is 60.0 Å². The molecule has 2 aliphatic rings. The van der Waals surface area contributed by atoms with Crippen LogP contribution in [-0.4, -0.2) is 6.54 Å². The van der Waals surface area contributed by atoms with E-state index in [9.17, 15) is 0 Å². The lowest BCUT2D eigenvalue weighted by atomic mass is 9.71. The Morgan fingerprint density at radius 2 is 1.90 bits per heavy atom. The van der Waals surface area contributed by atoms with E-state index in [1.165, 1.54) is 36.8 Å². The van der Waals surface area contributed by atoms with Crippen LogP contribution in [0.25, 0.3) is 0 Å². The summed E-state index contributed by atoms with van der Waals surface area (Å²) in [7, 11) is 0. The molecule has 0 amide bonds. The van der Waals surface area contributed by atoms with E-state index >= 15 is 0 Å². The minimum absolute atomic E-state index is 0.468. The third-order valence-electron chi connectivity index (χ3n) is 5.20. The van der Waals surface area contributed by atoms with E-state index < -0.39 is 0 Å². The molecule has 1 N–H and O–H groups in total. The first-order valence-electron chi connectivity index (χ1n) is 8.29. The van der Waals surface area contributed by atoms with Crippen LogP contribution in [0.5, 0.6) is 0 Å². The molecule has 0 saturated carbocycles. The molecule has 0 heterocycles. The van der Waals surface area contributed by atoms with Crippen LogP contribution in [0, 0.1) is 0 Å². The molecule has 2 atom stereocenters. The second-order valence-corrected chi connectivity index (χ2v) is 6.43. The molecule has 0 saturated heterocycles. The Bertz CT molecular complexity index is 659. The smallest absolute Gasteiger partial charge is 0.0392 e. The van der Waals surface area contributed by atoms with Gasteiger partial charge < -0.3 is 5.32 Å². The van der Waals surface area contributed by atoms with Crippen LogP contribution in [0.3, 0.4) is 0 Å². The SMILES string of the molecule is CCNC(c1ccc2c(c1)CCC2)C1Cc2ccccc21. The maximum atomic E-state index is 3.73. The molecule has 4 rings (SSSR count). The van der Waals surface area contributed by atoms with Gasteiger partial charge in [-0.2, -0.15) is 0 Å². The molecular weight excluding hydrogens is 254 g/mol. The highest BCUT2D eigenvalue weighted by Gasteiger charge is 2.33. The molecule has 0 radical (unpaired) electrons. The van der Waals surface area contributed by atoms with E-state index in [4.69, 9.17) is 0 Å². The highest BCUT2D eigenvalue weighted by atomic mass is 14.9. The summed E-state index contributed by atoms with van der Waals surface area (Å²) in [5, 5.41) is 3.73. The molecule has 2 aliphatic carbocycles. The number of aryl methyl sites for hydroxylation is 2. The van der Waals surface area contributed by atoms with Crippen LogP contribution in [0.2, 0.25) is 0 Å². The van der Waals surface area contributed by atoms with Gasteiger partial charge in [0.15, 0.2) is 0 Å². The summed E-state index contributed by atoms with van der Waals surface area (Å²) in [4.78, 5) is 0. The number of nitrogens with one attached hydrogen (secondary N) is 1. The van der Waals surface area contributed by atoms with E-state index in [2.05, 4.69) is 54.7 Å². The van der Waals surface area contributed by atoms with Gasteiger partial charge in [0.05, 0.1) is 0 Å². The van der Waals surface area contributed by atoms with Crippen LogP contribution < -0.4 is 5.32 Å². The molecule has 2 aromatic carbocycles. The van der Waals surface area contributed by atoms with Crippen LogP contribution in [-0.2, 0) is 19.3 Å². The van der Waals surface area contributed by atoms with Crippen molar-refractivity contribution < 1.29 is 0 Å². The van der Waals surface area contributed by atoms with Gasteiger partial charge in [0.1, 0.15) is 0 Å². The summed E-state index contributed by atoms with van der Waals surface area (Å²) in [5.41, 5.74) is 7.72. The molecule has 108 valence electrons. The first-order chi connectivity index (χ1) is 10.4. The second-order valence-electron chi connectivity index (χ2n) is 6.43. The maximum absolute atomic E-state index is 3.73. The van der Waals surface area contributed by atoms with Gasteiger partial charge in [-0.15, -0.1) is 0 Å². The maximum Gasteiger partial charge on any atom is 0.0392 e. The Hall–Kier alpha value is -1.60. The van der Waals surface area contributed by atoms with Crippen molar-refractivity contribution in [2.24, 2.45) is 0 Å². The Balaban J connectivity index is 1.67. The van der Waals surface area contributed by atoms with E-state index in [-0.39, 0.29) is 0 Å². The average Bonchev–Trinajstić information content (AvgIpc) is 2.95. The fraction of sp³-hybridized carbons (Fsp3) is 0.400. The van der Waals surface area contributed by atoms with Crippen molar-refractivity contribution in [1.29, 1.82) is 0 Å². The first kappa shape index (κ1) is 13.1. The summed E-state index contributed by atoms with van der Waals surface area (Å²) in [6.45, 7) is 3.24. The minimum atomic E-state index is 0.468. The molecular formula is C20H23N. The normalized spacial score (nSPS) is 20.5. The number of rotatable bonds is 4. The van der Waals surface area contributed by atoms with Crippen molar-refractivity contribution in [3.05, 3.63) is 70.3 Å². The van der Waals surface area contributed by atoms with E-state index in [0.29, 0.717) is 12.0 Å². The molecule has 0 bridgehead atoms. The minimum Gasteiger partial charge on any atom is -0.310 e. The molecule has 21 heavy (non-hydrogen) atoms. The fourth-order valence-corrected chi connectivity index (χ4v) is 4.09. The van der Waals surface area contributed by atoms with Gasteiger partial charge >= 0.3 is 0 Å². The van der Waals surface area contributed by atoms with E-state index in [1.807, 2.05) is 0 Å². The van der Waals surface area contributed by atoms with Crippen molar-refractivity contribution in [3.63, 3.8) is 0 Å². The van der Waals surface area contributed by atoms with Crippen molar-refractivity contribution in [3.8, 4) is 0 Å². The quantitative estimate of drug-likeness (QED) is 0.884. The lowest BCUT2D eigenvalue weighted by molar-refractivity contribution is 0.419. The lowest BCUT2D eigenvalue weighted by Gasteiger charge is -2.37. The molecule has 0 aliphatic heterocycles. The standard InChI is InChI=1S/C20H23N/c1-2-21-20(19-13-16-6-3-4-9-18(16)19)17-11-10-14-7-5-8-15(14)12-17/h3-4,6,9-12,19-21H,2,5,7-8,13H2,1H3. The van der Waals surface area contributed by atoms with Gasteiger partial charge in [0.2, 0.25) is 0 Å². The first-order valence-corrected chi connectivity index (χ1v) is 8.29. The molecule has 1 heteroatoms. The Labute approximate surface area is 127 Å². The average molecular weight is 277 g/mol. The van der Waals surface area contributed by atoms with Gasteiger partial charge in [0, 0.05) is 12.0 Å². The topological polar surface area (TPSA) is 12.0 Å². The summed E-state index contributed by atoms with van der Waals surface area (Å²) in [5.74, 6) is 0.639. The molecule has 2 aromatic rings. The summed E-state index contributed by atoms with van der Waals surface area (Å²) in [6, 6.07) is 16.6. The zero-order valence-electron chi connectivity index (χ0n) is 12.7. The number of likely N-dealkylation sites (N-methyl/N-ethyl adjacent to an activating group) is 1. The third kappa shape index (κ3) is 2.20. The summed E-state index contributed by atoms with van der Waals surface area (Å²) >= 11 is 0. The molecule has 0 spiro atoms.